The first kappa shape index (κ1) is 18.7. The zero-order valence-electron chi connectivity index (χ0n) is 14.0. The second kappa shape index (κ2) is 7.64. The van der Waals surface area contributed by atoms with Gasteiger partial charge in [0, 0.05) is 11.8 Å². The first-order chi connectivity index (χ1) is 12.8. The summed E-state index contributed by atoms with van der Waals surface area (Å²) >= 11 is 0. The molecular formula is C17H16N2O7S. The van der Waals surface area contributed by atoms with Crippen LogP contribution in [0.4, 0.5) is 5.69 Å². The quantitative estimate of drug-likeness (QED) is 0.670. The fraction of sp³-hybridized carbons (Fsp3) is 0.176. The Labute approximate surface area is 155 Å². The van der Waals surface area contributed by atoms with Gasteiger partial charge in [0.2, 0.25) is 15.9 Å². The Bertz CT molecular complexity index is 989. The third-order valence-electron chi connectivity index (χ3n) is 3.64. The zero-order valence-corrected chi connectivity index (χ0v) is 14.8. The molecule has 0 spiro atoms. The molecule has 9 nitrogen and oxygen atoms in total. The van der Waals surface area contributed by atoms with Gasteiger partial charge in [-0.2, -0.15) is 0 Å². The lowest BCUT2D eigenvalue weighted by atomic mass is 10.2. The largest absolute Gasteiger partial charge is 0.486 e. The topological polar surface area (TPSA) is 131 Å². The number of amides is 1. The number of ether oxygens (including phenoxy) is 2. The number of fused-ring (bicyclic) bond motifs is 1. The van der Waals surface area contributed by atoms with Crippen LogP contribution in [0.25, 0.3) is 0 Å². The highest BCUT2D eigenvalue weighted by Gasteiger charge is 2.18. The minimum atomic E-state index is -4.04. The van der Waals surface area contributed by atoms with Crippen molar-refractivity contribution in [3.63, 3.8) is 0 Å². The summed E-state index contributed by atoms with van der Waals surface area (Å²) in [6, 6.07) is 9.68. The van der Waals surface area contributed by atoms with Gasteiger partial charge in [-0.15, -0.1) is 0 Å². The molecule has 1 aliphatic rings. The van der Waals surface area contributed by atoms with Gasteiger partial charge in [0.05, 0.1) is 17.0 Å². The number of rotatable bonds is 6. The average Bonchev–Trinajstić information content (AvgIpc) is 2.66. The molecule has 0 aromatic heterocycles. The number of hydrogen-bond acceptors (Lipinski definition) is 6. The Morgan fingerprint density at radius 3 is 2.52 bits per heavy atom. The van der Waals surface area contributed by atoms with Gasteiger partial charge in [-0.3, -0.25) is 4.79 Å². The number of carboxylic acid groups (broad SMARTS) is 1. The van der Waals surface area contributed by atoms with Gasteiger partial charge in [-0.25, -0.2) is 17.9 Å². The third-order valence-corrected chi connectivity index (χ3v) is 5.04. The Hall–Kier alpha value is -3.11. The van der Waals surface area contributed by atoms with Crippen molar-refractivity contribution in [2.45, 2.75) is 4.90 Å². The van der Waals surface area contributed by atoms with Crippen LogP contribution in [-0.4, -0.2) is 45.2 Å². The molecule has 3 N–H and O–H groups in total. The number of carbonyl (C=O) groups excluding carboxylic acids is 1. The van der Waals surface area contributed by atoms with Crippen LogP contribution in [0.3, 0.4) is 0 Å². The van der Waals surface area contributed by atoms with E-state index in [1.807, 2.05) is 0 Å². The smallest absolute Gasteiger partial charge is 0.335 e. The molecule has 0 fully saturated rings. The maximum absolute atomic E-state index is 12.2. The number of nitrogens with one attached hydrogen (secondary N) is 2. The van der Waals surface area contributed by atoms with E-state index in [0.717, 1.165) is 6.07 Å². The second-order valence-corrected chi connectivity index (χ2v) is 7.33. The molecule has 0 radical (unpaired) electrons. The van der Waals surface area contributed by atoms with E-state index in [1.54, 1.807) is 18.2 Å². The van der Waals surface area contributed by atoms with Crippen molar-refractivity contribution in [2.75, 3.05) is 25.1 Å². The van der Waals surface area contributed by atoms with Crippen molar-refractivity contribution < 1.29 is 32.6 Å². The summed E-state index contributed by atoms with van der Waals surface area (Å²) in [6.07, 6.45) is 0. The molecule has 10 heteroatoms. The third kappa shape index (κ3) is 4.54. The monoisotopic (exact) mass is 392 g/mol. The highest BCUT2D eigenvalue weighted by molar-refractivity contribution is 7.89. The van der Waals surface area contributed by atoms with Gasteiger partial charge in [0.25, 0.3) is 0 Å². The molecule has 2 aromatic rings. The molecule has 1 aliphatic heterocycles. The Kier molecular flexibility index (Phi) is 5.28. The standard InChI is InChI=1S/C17H16N2O7S/c20-16(19-12-4-5-14-15(9-12)26-7-6-25-14)10-18-27(23,24)13-3-1-2-11(8-13)17(21)22/h1-5,8-9,18H,6-7,10H2,(H,19,20)(H,21,22). The number of carbonyl (C=O) groups is 2. The number of sulfonamides is 1. The summed E-state index contributed by atoms with van der Waals surface area (Å²) in [6.45, 7) is 0.331. The van der Waals surface area contributed by atoms with Crippen LogP contribution in [0.5, 0.6) is 11.5 Å². The van der Waals surface area contributed by atoms with E-state index in [2.05, 4.69) is 10.0 Å². The van der Waals surface area contributed by atoms with E-state index in [-0.39, 0.29) is 10.5 Å². The highest BCUT2D eigenvalue weighted by Crippen LogP contribution is 2.32. The van der Waals surface area contributed by atoms with E-state index in [9.17, 15) is 18.0 Å². The van der Waals surface area contributed by atoms with Gasteiger partial charge in [-0.1, -0.05) is 6.07 Å². The van der Waals surface area contributed by atoms with E-state index >= 15 is 0 Å². The van der Waals surface area contributed by atoms with Gasteiger partial charge in [0.15, 0.2) is 11.5 Å². The summed E-state index contributed by atoms with van der Waals surface area (Å²) in [4.78, 5) is 22.7. The van der Waals surface area contributed by atoms with Crippen molar-refractivity contribution >= 4 is 27.6 Å². The molecule has 0 saturated heterocycles. The molecule has 27 heavy (non-hydrogen) atoms. The van der Waals surface area contributed by atoms with E-state index in [1.165, 1.54) is 18.2 Å². The fourth-order valence-corrected chi connectivity index (χ4v) is 3.39. The molecule has 0 atom stereocenters. The molecule has 1 heterocycles. The first-order valence-electron chi connectivity index (χ1n) is 7.88. The fourth-order valence-electron chi connectivity index (χ4n) is 2.37. The van der Waals surface area contributed by atoms with Crippen LogP contribution in [0, 0.1) is 0 Å². The summed E-state index contributed by atoms with van der Waals surface area (Å²) in [5, 5.41) is 11.5. The lowest BCUT2D eigenvalue weighted by molar-refractivity contribution is -0.115. The Morgan fingerprint density at radius 1 is 1.04 bits per heavy atom. The molecule has 0 unspecified atom stereocenters. The minimum Gasteiger partial charge on any atom is -0.486 e. The van der Waals surface area contributed by atoms with E-state index in [0.29, 0.717) is 30.4 Å². The molecular weight excluding hydrogens is 376 g/mol. The van der Waals surface area contributed by atoms with Gasteiger partial charge in [0.1, 0.15) is 13.2 Å². The van der Waals surface area contributed by atoms with Crippen LogP contribution >= 0.6 is 0 Å². The number of benzene rings is 2. The number of carboxylic acids is 1. The van der Waals surface area contributed by atoms with Crippen molar-refractivity contribution in [3.8, 4) is 11.5 Å². The molecule has 0 saturated carbocycles. The highest BCUT2D eigenvalue weighted by atomic mass is 32.2. The SMILES string of the molecule is O=C(CNS(=O)(=O)c1cccc(C(=O)O)c1)Nc1ccc2c(c1)OCCO2. The second-order valence-electron chi connectivity index (χ2n) is 5.56. The van der Waals surface area contributed by atoms with Crippen LogP contribution in [0.2, 0.25) is 0 Å². The van der Waals surface area contributed by atoms with Crippen molar-refractivity contribution in [3.05, 3.63) is 48.0 Å². The maximum atomic E-state index is 12.2. The van der Waals surface area contributed by atoms with Gasteiger partial charge >= 0.3 is 5.97 Å². The molecule has 0 aliphatic carbocycles. The normalized spacial score (nSPS) is 13.0. The van der Waals surface area contributed by atoms with Crippen molar-refractivity contribution in [2.24, 2.45) is 0 Å². The molecule has 2 aromatic carbocycles. The van der Waals surface area contributed by atoms with Crippen LogP contribution in [0.1, 0.15) is 10.4 Å². The summed E-state index contributed by atoms with van der Waals surface area (Å²) in [5.41, 5.74) is 0.259. The lowest BCUT2D eigenvalue weighted by Crippen LogP contribution is -2.33. The summed E-state index contributed by atoms with van der Waals surface area (Å²) in [5.74, 6) is -0.781. The number of anilines is 1. The average molecular weight is 392 g/mol. The Morgan fingerprint density at radius 2 is 1.78 bits per heavy atom. The van der Waals surface area contributed by atoms with Crippen LogP contribution < -0.4 is 19.5 Å². The first-order valence-corrected chi connectivity index (χ1v) is 9.36. The minimum absolute atomic E-state index is 0.168. The summed E-state index contributed by atoms with van der Waals surface area (Å²) < 4.78 is 37.4. The molecule has 3 rings (SSSR count). The molecule has 1 amide bonds. The Balaban J connectivity index is 1.63. The van der Waals surface area contributed by atoms with E-state index < -0.39 is 28.4 Å². The number of hydrogen-bond donors (Lipinski definition) is 3. The van der Waals surface area contributed by atoms with Gasteiger partial charge in [-0.05, 0) is 30.3 Å². The number of aromatic carboxylic acids is 1. The van der Waals surface area contributed by atoms with Crippen molar-refractivity contribution in [1.82, 2.24) is 4.72 Å². The van der Waals surface area contributed by atoms with Crippen LogP contribution in [-0.2, 0) is 14.8 Å². The molecule has 0 bridgehead atoms. The lowest BCUT2D eigenvalue weighted by Gasteiger charge is -2.19. The predicted molar refractivity (Wildman–Crippen MR) is 94.7 cm³/mol. The van der Waals surface area contributed by atoms with Crippen molar-refractivity contribution in [1.29, 1.82) is 0 Å². The van der Waals surface area contributed by atoms with E-state index in [4.69, 9.17) is 14.6 Å². The maximum Gasteiger partial charge on any atom is 0.335 e. The van der Waals surface area contributed by atoms with Crippen LogP contribution in [0.15, 0.2) is 47.4 Å². The zero-order chi connectivity index (χ0) is 19.4. The predicted octanol–water partition coefficient (Wildman–Crippen LogP) is 1.07. The van der Waals surface area contributed by atoms with Gasteiger partial charge < -0.3 is 19.9 Å². The summed E-state index contributed by atoms with van der Waals surface area (Å²) in [7, 11) is -4.04. The molecule has 142 valence electrons.